The van der Waals surface area contributed by atoms with Crippen molar-refractivity contribution in [3.8, 4) is 0 Å². The molecule has 1 nitrogen and oxygen atoms in total. The third kappa shape index (κ3) is 2.31. The molecule has 1 heterocycles. The van der Waals surface area contributed by atoms with Crippen molar-refractivity contribution in [2.75, 3.05) is 19.6 Å². The Labute approximate surface area is 68.5 Å². The normalized spacial score (nSPS) is 20.6. The third-order valence-corrected chi connectivity index (χ3v) is 1.65. The Morgan fingerprint density at radius 1 is 1.25 bits per heavy atom. The number of halogens is 1. The van der Waals surface area contributed by atoms with Crippen LogP contribution in [0, 0.1) is 0 Å². The SMILES string of the molecule is CCN1CCCC1.I. The van der Waals surface area contributed by atoms with Gasteiger partial charge in [0.25, 0.3) is 0 Å². The molecular weight excluding hydrogens is 213 g/mol. The van der Waals surface area contributed by atoms with Crippen molar-refractivity contribution in [1.29, 1.82) is 0 Å². The second kappa shape index (κ2) is 4.56. The van der Waals surface area contributed by atoms with E-state index >= 15 is 0 Å². The monoisotopic (exact) mass is 227 g/mol. The van der Waals surface area contributed by atoms with Crippen molar-refractivity contribution in [1.82, 2.24) is 4.90 Å². The van der Waals surface area contributed by atoms with E-state index in [9.17, 15) is 0 Å². The molecule has 1 aliphatic rings. The second-order valence-electron chi connectivity index (χ2n) is 2.14. The predicted octanol–water partition coefficient (Wildman–Crippen LogP) is 1.72. The first-order valence-electron chi connectivity index (χ1n) is 3.16. The summed E-state index contributed by atoms with van der Waals surface area (Å²) in [6.07, 6.45) is 2.85. The van der Waals surface area contributed by atoms with Gasteiger partial charge < -0.3 is 4.90 Å². The number of hydrogen-bond donors (Lipinski definition) is 0. The molecule has 0 bridgehead atoms. The van der Waals surface area contributed by atoms with E-state index < -0.39 is 0 Å². The summed E-state index contributed by atoms with van der Waals surface area (Å²) in [5.74, 6) is 0. The summed E-state index contributed by atoms with van der Waals surface area (Å²) in [7, 11) is 0. The molecule has 0 unspecified atom stereocenters. The molecule has 1 aliphatic heterocycles. The van der Waals surface area contributed by atoms with Gasteiger partial charge in [0.1, 0.15) is 0 Å². The van der Waals surface area contributed by atoms with Crippen molar-refractivity contribution in [3.63, 3.8) is 0 Å². The molecule has 0 aromatic carbocycles. The molecule has 0 aliphatic carbocycles. The number of likely N-dealkylation sites (tertiary alicyclic amines) is 1. The Bertz CT molecular complexity index is 50.5. The van der Waals surface area contributed by atoms with Crippen LogP contribution < -0.4 is 0 Å². The van der Waals surface area contributed by atoms with E-state index in [-0.39, 0.29) is 24.0 Å². The van der Waals surface area contributed by atoms with Gasteiger partial charge in [0.15, 0.2) is 0 Å². The topological polar surface area (TPSA) is 3.24 Å². The zero-order valence-electron chi connectivity index (χ0n) is 5.39. The molecule has 1 saturated heterocycles. The van der Waals surface area contributed by atoms with Gasteiger partial charge in [-0.1, -0.05) is 6.92 Å². The molecule has 50 valence electrons. The standard InChI is InChI=1S/C6H13N.HI/c1-2-7-5-3-4-6-7;/h2-6H2,1H3;1H. The lowest BCUT2D eigenvalue weighted by Crippen LogP contribution is -2.17. The molecule has 1 rings (SSSR count). The van der Waals surface area contributed by atoms with Crippen LogP contribution in [0.1, 0.15) is 19.8 Å². The van der Waals surface area contributed by atoms with Gasteiger partial charge in [-0.05, 0) is 32.5 Å². The molecule has 2 heteroatoms. The first-order valence-corrected chi connectivity index (χ1v) is 3.16. The molecule has 0 radical (unpaired) electrons. The quantitative estimate of drug-likeness (QED) is 0.616. The summed E-state index contributed by atoms with van der Waals surface area (Å²) in [6, 6.07) is 0. The van der Waals surface area contributed by atoms with Crippen LogP contribution in [0.4, 0.5) is 0 Å². The first kappa shape index (κ1) is 8.69. The van der Waals surface area contributed by atoms with Gasteiger partial charge in [-0.2, -0.15) is 0 Å². The van der Waals surface area contributed by atoms with Gasteiger partial charge >= 0.3 is 0 Å². The predicted molar refractivity (Wildman–Crippen MR) is 46.8 cm³/mol. The molecule has 0 saturated carbocycles. The summed E-state index contributed by atoms with van der Waals surface area (Å²) < 4.78 is 0. The lowest BCUT2D eigenvalue weighted by atomic mass is 10.4. The van der Waals surface area contributed by atoms with Crippen molar-refractivity contribution >= 4 is 24.0 Å². The molecule has 0 aromatic heterocycles. The first-order chi connectivity index (χ1) is 3.43. The number of rotatable bonds is 1. The van der Waals surface area contributed by atoms with Crippen molar-refractivity contribution in [2.24, 2.45) is 0 Å². The van der Waals surface area contributed by atoms with E-state index in [1.54, 1.807) is 0 Å². The van der Waals surface area contributed by atoms with Gasteiger partial charge in [-0.25, -0.2) is 0 Å². The molecule has 0 N–H and O–H groups in total. The van der Waals surface area contributed by atoms with E-state index in [2.05, 4.69) is 11.8 Å². The van der Waals surface area contributed by atoms with Gasteiger partial charge in [0, 0.05) is 0 Å². The van der Waals surface area contributed by atoms with Crippen molar-refractivity contribution < 1.29 is 0 Å². The highest BCUT2D eigenvalue weighted by Crippen LogP contribution is 2.04. The summed E-state index contributed by atoms with van der Waals surface area (Å²) in [4.78, 5) is 2.49. The summed E-state index contributed by atoms with van der Waals surface area (Å²) >= 11 is 0. The largest absolute Gasteiger partial charge is 0.304 e. The van der Waals surface area contributed by atoms with Crippen LogP contribution in [-0.2, 0) is 0 Å². The number of nitrogens with zero attached hydrogens (tertiary/aromatic N) is 1. The molecule has 0 spiro atoms. The Kier molecular flexibility index (Phi) is 4.95. The van der Waals surface area contributed by atoms with Gasteiger partial charge in [0.2, 0.25) is 0 Å². The highest BCUT2D eigenvalue weighted by atomic mass is 127. The lowest BCUT2D eigenvalue weighted by molar-refractivity contribution is 0.359. The number of hydrogen-bond acceptors (Lipinski definition) is 1. The Hall–Kier alpha value is 0.690. The Morgan fingerprint density at radius 3 is 2.00 bits per heavy atom. The Morgan fingerprint density at radius 2 is 1.75 bits per heavy atom. The molecule has 1 fully saturated rings. The van der Waals surface area contributed by atoms with Crippen LogP contribution >= 0.6 is 24.0 Å². The summed E-state index contributed by atoms with van der Waals surface area (Å²) in [5, 5.41) is 0. The van der Waals surface area contributed by atoms with Gasteiger partial charge in [0.05, 0.1) is 0 Å². The van der Waals surface area contributed by atoms with Gasteiger partial charge in [-0.3, -0.25) is 0 Å². The van der Waals surface area contributed by atoms with E-state index in [4.69, 9.17) is 0 Å². The van der Waals surface area contributed by atoms with Gasteiger partial charge in [-0.15, -0.1) is 24.0 Å². The highest BCUT2D eigenvalue weighted by Gasteiger charge is 2.06. The summed E-state index contributed by atoms with van der Waals surface area (Å²) in [6.45, 7) is 6.16. The van der Waals surface area contributed by atoms with Crippen LogP contribution in [0.5, 0.6) is 0 Å². The molecular formula is C6H14IN. The second-order valence-corrected chi connectivity index (χ2v) is 2.14. The fraction of sp³-hybridized carbons (Fsp3) is 1.00. The average Bonchev–Trinajstić information content (AvgIpc) is 2.14. The molecule has 0 aromatic rings. The minimum absolute atomic E-state index is 0. The maximum absolute atomic E-state index is 2.49. The maximum Gasteiger partial charge on any atom is -0.00184 e. The van der Waals surface area contributed by atoms with E-state index in [0.717, 1.165) is 0 Å². The van der Waals surface area contributed by atoms with E-state index in [0.29, 0.717) is 0 Å². The molecule has 0 atom stereocenters. The third-order valence-electron chi connectivity index (χ3n) is 1.65. The minimum atomic E-state index is 0. The fourth-order valence-electron chi connectivity index (χ4n) is 1.10. The van der Waals surface area contributed by atoms with Crippen LogP contribution in [-0.4, -0.2) is 24.5 Å². The molecule has 0 amide bonds. The van der Waals surface area contributed by atoms with E-state index in [1.165, 1.54) is 32.5 Å². The van der Waals surface area contributed by atoms with Crippen LogP contribution in [0.15, 0.2) is 0 Å². The summed E-state index contributed by atoms with van der Waals surface area (Å²) in [5.41, 5.74) is 0. The van der Waals surface area contributed by atoms with Crippen LogP contribution in [0.2, 0.25) is 0 Å². The Balaban J connectivity index is 0.000000490. The van der Waals surface area contributed by atoms with Crippen LogP contribution in [0.25, 0.3) is 0 Å². The van der Waals surface area contributed by atoms with Crippen LogP contribution in [0.3, 0.4) is 0 Å². The maximum atomic E-state index is 2.49. The molecule has 8 heavy (non-hydrogen) atoms. The van der Waals surface area contributed by atoms with Crippen molar-refractivity contribution in [2.45, 2.75) is 19.8 Å². The van der Waals surface area contributed by atoms with Crippen molar-refractivity contribution in [3.05, 3.63) is 0 Å². The fourth-order valence-corrected chi connectivity index (χ4v) is 1.10. The lowest BCUT2D eigenvalue weighted by Gasteiger charge is -2.08. The highest BCUT2D eigenvalue weighted by molar-refractivity contribution is 14.0. The average molecular weight is 227 g/mol. The minimum Gasteiger partial charge on any atom is -0.304 e. The van der Waals surface area contributed by atoms with E-state index in [1.807, 2.05) is 0 Å². The zero-order chi connectivity index (χ0) is 5.11. The smallest absolute Gasteiger partial charge is 0.00184 e. The zero-order valence-corrected chi connectivity index (χ0v) is 7.72.